The maximum absolute atomic E-state index is 13.7. The molecule has 1 aromatic rings. The van der Waals surface area contributed by atoms with Crippen molar-refractivity contribution in [2.45, 2.75) is 12.5 Å². The van der Waals surface area contributed by atoms with E-state index >= 15 is 0 Å². The van der Waals surface area contributed by atoms with E-state index in [1.165, 1.54) is 0 Å². The van der Waals surface area contributed by atoms with Crippen LogP contribution in [0.3, 0.4) is 0 Å². The summed E-state index contributed by atoms with van der Waals surface area (Å²) in [4.78, 5) is 7.41. The maximum Gasteiger partial charge on any atom is 0.125 e. The van der Waals surface area contributed by atoms with Crippen LogP contribution < -0.4 is 10.4 Å². The third-order valence-electron chi connectivity index (χ3n) is 3.42. The van der Waals surface area contributed by atoms with E-state index < -0.39 is 0 Å². The molecule has 1 N–H and O–H groups in total. The molecule has 3 nitrogen and oxygen atoms in total. The van der Waals surface area contributed by atoms with Crippen molar-refractivity contribution in [3.63, 3.8) is 0 Å². The van der Waals surface area contributed by atoms with E-state index in [9.17, 15) is 4.39 Å². The minimum atomic E-state index is -0.158. The first kappa shape index (κ1) is 12.3. The highest BCUT2D eigenvalue weighted by atomic mass is 32.2. The average molecular weight is 268 g/mol. The highest BCUT2D eigenvalue weighted by Crippen LogP contribution is 2.28. The Kier molecular flexibility index (Phi) is 3.72. The molecule has 2 saturated heterocycles. The third kappa shape index (κ3) is 2.63. The van der Waals surface area contributed by atoms with Gasteiger partial charge in [-0.2, -0.15) is 17.2 Å². The summed E-state index contributed by atoms with van der Waals surface area (Å²) in [7, 11) is 0. The van der Waals surface area contributed by atoms with Crippen LogP contribution in [0.5, 0.6) is 0 Å². The van der Waals surface area contributed by atoms with Crippen molar-refractivity contribution in [1.82, 2.24) is 5.48 Å². The molecule has 1 aromatic carbocycles. The monoisotopic (exact) mass is 268 g/mol. The number of hydrogen-bond donors (Lipinski definition) is 1. The first-order valence-electron chi connectivity index (χ1n) is 6.33. The lowest BCUT2D eigenvalue weighted by atomic mass is 10.0. The lowest BCUT2D eigenvalue weighted by molar-refractivity contribution is 0.0882. The fraction of sp³-hybridized carbons (Fsp3) is 0.538. The Hall–Kier alpha value is -0.780. The van der Waals surface area contributed by atoms with Crippen molar-refractivity contribution in [2.75, 3.05) is 36.1 Å². The SMILES string of the molecule is Fc1cc([C@H]2CCON2)cc(N2CCSCC2)c1. The number of halogens is 1. The molecule has 0 radical (unpaired) electrons. The van der Waals surface area contributed by atoms with E-state index in [1.54, 1.807) is 12.1 Å². The van der Waals surface area contributed by atoms with Gasteiger partial charge in [-0.15, -0.1) is 0 Å². The number of hydroxylamine groups is 1. The lowest BCUT2D eigenvalue weighted by Gasteiger charge is -2.29. The van der Waals surface area contributed by atoms with Crippen LogP contribution in [0.25, 0.3) is 0 Å². The number of rotatable bonds is 2. The van der Waals surface area contributed by atoms with E-state index in [-0.39, 0.29) is 11.9 Å². The fourth-order valence-electron chi connectivity index (χ4n) is 2.43. The van der Waals surface area contributed by atoms with Crippen molar-refractivity contribution >= 4 is 17.4 Å². The van der Waals surface area contributed by atoms with E-state index in [4.69, 9.17) is 4.84 Å². The number of nitrogens with zero attached hydrogens (tertiary/aromatic N) is 1. The van der Waals surface area contributed by atoms with Gasteiger partial charge in [0.2, 0.25) is 0 Å². The summed E-state index contributed by atoms with van der Waals surface area (Å²) < 4.78 is 13.7. The normalized spacial score (nSPS) is 24.5. The molecule has 1 atom stereocenters. The van der Waals surface area contributed by atoms with Crippen LogP contribution in [0.4, 0.5) is 10.1 Å². The molecular formula is C13H17FN2OS. The molecule has 0 spiro atoms. The Morgan fingerprint density at radius 1 is 1.28 bits per heavy atom. The first-order valence-corrected chi connectivity index (χ1v) is 7.49. The molecule has 2 fully saturated rings. The predicted octanol–water partition coefficient (Wildman–Crippen LogP) is 2.34. The second-order valence-electron chi connectivity index (χ2n) is 4.65. The van der Waals surface area contributed by atoms with Crippen molar-refractivity contribution in [3.8, 4) is 0 Å². The summed E-state index contributed by atoms with van der Waals surface area (Å²) in [6.45, 7) is 2.70. The predicted molar refractivity (Wildman–Crippen MR) is 72.4 cm³/mol. The van der Waals surface area contributed by atoms with E-state index in [0.717, 1.165) is 42.3 Å². The molecule has 0 saturated carbocycles. The molecule has 2 aliphatic heterocycles. The molecule has 0 aromatic heterocycles. The quantitative estimate of drug-likeness (QED) is 0.890. The average Bonchev–Trinajstić information content (AvgIpc) is 2.93. The molecule has 2 aliphatic rings. The Labute approximate surface area is 111 Å². The van der Waals surface area contributed by atoms with Crippen molar-refractivity contribution in [2.24, 2.45) is 0 Å². The smallest absolute Gasteiger partial charge is 0.125 e. The van der Waals surface area contributed by atoms with Crippen LogP contribution in [0.15, 0.2) is 18.2 Å². The molecule has 3 rings (SSSR count). The lowest BCUT2D eigenvalue weighted by Crippen LogP contribution is -2.32. The van der Waals surface area contributed by atoms with Gasteiger partial charge in [-0.25, -0.2) is 4.39 Å². The van der Waals surface area contributed by atoms with Gasteiger partial charge in [0.15, 0.2) is 0 Å². The molecule has 5 heteroatoms. The highest BCUT2D eigenvalue weighted by molar-refractivity contribution is 7.99. The zero-order valence-electron chi connectivity index (χ0n) is 10.2. The van der Waals surface area contributed by atoms with Gasteiger partial charge in [0, 0.05) is 30.3 Å². The Bertz CT molecular complexity index is 417. The highest BCUT2D eigenvalue weighted by Gasteiger charge is 2.20. The summed E-state index contributed by atoms with van der Waals surface area (Å²) in [6, 6.07) is 5.45. The first-order chi connectivity index (χ1) is 8.83. The van der Waals surface area contributed by atoms with Gasteiger partial charge in [-0.3, -0.25) is 0 Å². The van der Waals surface area contributed by atoms with Gasteiger partial charge in [0.05, 0.1) is 12.6 Å². The minimum Gasteiger partial charge on any atom is -0.370 e. The molecule has 0 amide bonds. The largest absolute Gasteiger partial charge is 0.370 e. The summed E-state index contributed by atoms with van der Waals surface area (Å²) in [5.74, 6) is 2.09. The second-order valence-corrected chi connectivity index (χ2v) is 5.87. The molecular weight excluding hydrogens is 251 g/mol. The summed E-state index contributed by atoms with van der Waals surface area (Å²) >= 11 is 1.96. The van der Waals surface area contributed by atoms with E-state index in [2.05, 4.69) is 16.4 Å². The van der Waals surface area contributed by atoms with Crippen molar-refractivity contribution in [1.29, 1.82) is 0 Å². The van der Waals surface area contributed by atoms with Crippen molar-refractivity contribution < 1.29 is 9.23 Å². The van der Waals surface area contributed by atoms with Gasteiger partial charge >= 0.3 is 0 Å². The molecule has 0 aliphatic carbocycles. The zero-order valence-corrected chi connectivity index (χ0v) is 11.0. The van der Waals surface area contributed by atoms with Crippen LogP contribution >= 0.6 is 11.8 Å². The van der Waals surface area contributed by atoms with E-state index in [0.29, 0.717) is 6.61 Å². The number of hydrogen-bond acceptors (Lipinski definition) is 4. The maximum atomic E-state index is 13.7. The topological polar surface area (TPSA) is 24.5 Å². The third-order valence-corrected chi connectivity index (χ3v) is 4.36. The Morgan fingerprint density at radius 3 is 2.83 bits per heavy atom. The van der Waals surface area contributed by atoms with Crippen LogP contribution in [0, 0.1) is 5.82 Å². The molecule has 0 unspecified atom stereocenters. The summed E-state index contributed by atoms with van der Waals surface area (Å²) in [5, 5.41) is 0. The number of nitrogens with one attached hydrogen (secondary N) is 1. The zero-order chi connectivity index (χ0) is 12.4. The molecule has 2 heterocycles. The van der Waals surface area contributed by atoms with Gasteiger partial charge in [-0.05, 0) is 30.2 Å². The fourth-order valence-corrected chi connectivity index (χ4v) is 3.33. The molecule has 18 heavy (non-hydrogen) atoms. The van der Waals surface area contributed by atoms with Crippen LogP contribution in [-0.2, 0) is 4.84 Å². The molecule has 98 valence electrons. The van der Waals surface area contributed by atoms with Gasteiger partial charge in [-0.1, -0.05) is 0 Å². The number of thioether (sulfide) groups is 1. The summed E-state index contributed by atoms with van der Waals surface area (Å²) in [6.07, 6.45) is 0.902. The number of anilines is 1. The van der Waals surface area contributed by atoms with Gasteiger partial charge in [0.25, 0.3) is 0 Å². The number of benzene rings is 1. The van der Waals surface area contributed by atoms with E-state index in [1.807, 2.05) is 11.8 Å². The molecule has 0 bridgehead atoms. The Balaban J connectivity index is 1.84. The Morgan fingerprint density at radius 2 is 2.11 bits per heavy atom. The standard InChI is InChI=1S/C13H17FN2OS/c14-11-7-10(13-1-4-17-15-13)8-12(9-11)16-2-5-18-6-3-16/h7-9,13,15H,1-6H2/t13-/m1/s1. The van der Waals surface area contributed by atoms with Crippen LogP contribution in [0.1, 0.15) is 18.0 Å². The van der Waals surface area contributed by atoms with Gasteiger partial charge < -0.3 is 9.74 Å². The van der Waals surface area contributed by atoms with Crippen LogP contribution in [-0.4, -0.2) is 31.2 Å². The van der Waals surface area contributed by atoms with Crippen LogP contribution in [0.2, 0.25) is 0 Å². The summed E-state index contributed by atoms with van der Waals surface area (Å²) in [5.41, 5.74) is 4.93. The van der Waals surface area contributed by atoms with Gasteiger partial charge in [0.1, 0.15) is 5.82 Å². The van der Waals surface area contributed by atoms with Crippen molar-refractivity contribution in [3.05, 3.63) is 29.6 Å². The minimum absolute atomic E-state index is 0.124. The second kappa shape index (κ2) is 5.47.